The van der Waals surface area contributed by atoms with E-state index in [9.17, 15) is 4.79 Å². The zero-order chi connectivity index (χ0) is 16.7. The molecule has 0 atom stereocenters. The van der Waals surface area contributed by atoms with Crippen LogP contribution in [-0.4, -0.2) is 26.4 Å². The van der Waals surface area contributed by atoms with Gasteiger partial charge in [0.05, 0.1) is 12.3 Å². The topological polar surface area (TPSA) is 97.9 Å². The summed E-state index contributed by atoms with van der Waals surface area (Å²) in [5.74, 6) is 5.79. The summed E-state index contributed by atoms with van der Waals surface area (Å²) < 4.78 is 1.92. The molecule has 0 aliphatic carbocycles. The van der Waals surface area contributed by atoms with Crippen molar-refractivity contribution >= 4 is 23.4 Å². The van der Waals surface area contributed by atoms with Crippen molar-refractivity contribution in [2.24, 2.45) is 5.84 Å². The molecule has 1 amide bonds. The Kier molecular flexibility index (Phi) is 6.19. The Hall–Kier alpha value is -2.32. The molecule has 0 unspecified atom stereocenters. The zero-order valence-corrected chi connectivity index (χ0v) is 13.8. The van der Waals surface area contributed by atoms with Crippen LogP contribution in [-0.2, 0) is 17.9 Å². The predicted molar refractivity (Wildman–Crippen MR) is 91.8 cm³/mol. The summed E-state index contributed by atoms with van der Waals surface area (Å²) in [7, 11) is 0. The van der Waals surface area contributed by atoms with Crippen molar-refractivity contribution in [1.29, 1.82) is 0 Å². The molecule has 122 valence electrons. The number of hydrazine groups is 1. The molecule has 2 rings (SSSR count). The van der Waals surface area contributed by atoms with Crippen LogP contribution in [0.1, 0.15) is 11.4 Å². The highest BCUT2D eigenvalue weighted by molar-refractivity contribution is 7.99. The van der Waals surface area contributed by atoms with E-state index in [-0.39, 0.29) is 11.7 Å². The summed E-state index contributed by atoms with van der Waals surface area (Å²) in [6.45, 7) is 6.91. The van der Waals surface area contributed by atoms with Crippen LogP contribution in [0.3, 0.4) is 0 Å². The Balaban J connectivity index is 2.05. The molecule has 7 nitrogen and oxygen atoms in total. The molecule has 0 saturated heterocycles. The third-order valence-electron chi connectivity index (χ3n) is 3.10. The lowest BCUT2D eigenvalue weighted by molar-refractivity contribution is -0.118. The first-order valence-electron chi connectivity index (χ1n) is 7.09. The minimum atomic E-state index is -0.262. The number of amides is 1. The minimum absolute atomic E-state index is 0.192. The number of aryl methyl sites for hydroxylation is 1. The van der Waals surface area contributed by atoms with Gasteiger partial charge in [0.2, 0.25) is 5.91 Å². The summed E-state index contributed by atoms with van der Waals surface area (Å²) in [6, 6.07) is 8.13. The van der Waals surface area contributed by atoms with E-state index in [0.717, 1.165) is 11.5 Å². The minimum Gasteiger partial charge on any atom is -0.378 e. The van der Waals surface area contributed by atoms with Crippen molar-refractivity contribution in [3.05, 3.63) is 48.3 Å². The van der Waals surface area contributed by atoms with Gasteiger partial charge in [-0.1, -0.05) is 35.5 Å². The first-order chi connectivity index (χ1) is 11.1. The Morgan fingerprint density at radius 2 is 2.13 bits per heavy atom. The lowest BCUT2D eigenvalue weighted by Gasteiger charge is -2.09. The zero-order valence-electron chi connectivity index (χ0n) is 13.0. The third kappa shape index (κ3) is 4.83. The van der Waals surface area contributed by atoms with Gasteiger partial charge < -0.3 is 9.88 Å². The SMILES string of the molecule is C=CCn1c(CNc2ccc(C)cc2)nnc1SCC(=O)NN. The number of nitrogens with two attached hydrogens (primary N) is 1. The fourth-order valence-corrected chi connectivity index (χ4v) is 2.67. The number of carbonyl (C=O) groups excluding carboxylic acids is 1. The molecule has 0 saturated carbocycles. The van der Waals surface area contributed by atoms with E-state index in [1.807, 2.05) is 35.8 Å². The van der Waals surface area contributed by atoms with Gasteiger partial charge in [0.15, 0.2) is 11.0 Å². The largest absolute Gasteiger partial charge is 0.378 e. The summed E-state index contributed by atoms with van der Waals surface area (Å²) in [5.41, 5.74) is 4.32. The van der Waals surface area contributed by atoms with Crippen molar-refractivity contribution in [2.45, 2.75) is 25.2 Å². The second-order valence-corrected chi connectivity index (χ2v) is 5.82. The Bertz CT molecular complexity index is 667. The quantitative estimate of drug-likeness (QED) is 0.223. The van der Waals surface area contributed by atoms with Gasteiger partial charge in [0, 0.05) is 12.2 Å². The average Bonchev–Trinajstić information content (AvgIpc) is 2.94. The Morgan fingerprint density at radius 1 is 1.39 bits per heavy atom. The molecule has 0 spiro atoms. The van der Waals surface area contributed by atoms with E-state index in [1.54, 1.807) is 6.08 Å². The van der Waals surface area contributed by atoms with Crippen molar-refractivity contribution in [2.75, 3.05) is 11.1 Å². The second kappa shape index (κ2) is 8.35. The molecule has 0 aliphatic heterocycles. The number of hydrogen-bond donors (Lipinski definition) is 3. The summed E-state index contributed by atoms with van der Waals surface area (Å²) >= 11 is 1.29. The third-order valence-corrected chi connectivity index (χ3v) is 4.07. The lowest BCUT2D eigenvalue weighted by atomic mass is 10.2. The van der Waals surface area contributed by atoms with Crippen molar-refractivity contribution in [3.8, 4) is 0 Å². The molecule has 8 heteroatoms. The van der Waals surface area contributed by atoms with Crippen LogP contribution < -0.4 is 16.6 Å². The van der Waals surface area contributed by atoms with Gasteiger partial charge in [-0.2, -0.15) is 0 Å². The molecule has 0 radical (unpaired) electrons. The van der Waals surface area contributed by atoms with Crippen LogP contribution in [0.15, 0.2) is 42.1 Å². The van der Waals surface area contributed by atoms with Gasteiger partial charge in [0.1, 0.15) is 0 Å². The molecule has 2 aromatic rings. The van der Waals surface area contributed by atoms with Crippen molar-refractivity contribution in [3.63, 3.8) is 0 Å². The van der Waals surface area contributed by atoms with Crippen LogP contribution in [0.4, 0.5) is 5.69 Å². The number of benzene rings is 1. The summed E-state index contributed by atoms with van der Waals surface area (Å²) in [6.07, 6.45) is 1.77. The molecular formula is C15H20N6OS. The number of carbonyl (C=O) groups is 1. The molecule has 0 bridgehead atoms. The maximum absolute atomic E-state index is 11.3. The molecule has 23 heavy (non-hydrogen) atoms. The van der Waals surface area contributed by atoms with Crippen molar-refractivity contribution in [1.82, 2.24) is 20.2 Å². The van der Waals surface area contributed by atoms with E-state index in [4.69, 9.17) is 5.84 Å². The predicted octanol–water partition coefficient (Wildman–Crippen LogP) is 1.47. The molecular weight excluding hydrogens is 312 g/mol. The molecule has 1 aromatic heterocycles. The number of allylic oxidation sites excluding steroid dienone is 1. The van der Waals surface area contributed by atoms with E-state index in [0.29, 0.717) is 18.2 Å². The average molecular weight is 332 g/mol. The number of anilines is 1. The maximum atomic E-state index is 11.3. The number of rotatable bonds is 8. The van der Waals surface area contributed by atoms with Gasteiger partial charge in [-0.25, -0.2) is 5.84 Å². The van der Waals surface area contributed by atoms with Gasteiger partial charge in [0.25, 0.3) is 0 Å². The van der Waals surface area contributed by atoms with Crippen LogP contribution in [0.2, 0.25) is 0 Å². The monoisotopic (exact) mass is 332 g/mol. The van der Waals surface area contributed by atoms with Crippen LogP contribution >= 0.6 is 11.8 Å². The highest BCUT2D eigenvalue weighted by atomic mass is 32.2. The Morgan fingerprint density at radius 3 is 2.78 bits per heavy atom. The van der Waals surface area contributed by atoms with Crippen LogP contribution in [0.25, 0.3) is 0 Å². The molecule has 0 aliphatic rings. The smallest absolute Gasteiger partial charge is 0.244 e. The summed E-state index contributed by atoms with van der Waals surface area (Å²) in [5, 5.41) is 12.3. The lowest BCUT2D eigenvalue weighted by Crippen LogP contribution is -2.31. The van der Waals surface area contributed by atoms with E-state index < -0.39 is 0 Å². The fourth-order valence-electron chi connectivity index (χ4n) is 1.89. The van der Waals surface area contributed by atoms with Gasteiger partial charge >= 0.3 is 0 Å². The first-order valence-corrected chi connectivity index (χ1v) is 8.08. The molecule has 4 N–H and O–H groups in total. The highest BCUT2D eigenvalue weighted by Crippen LogP contribution is 2.18. The van der Waals surface area contributed by atoms with E-state index in [1.165, 1.54) is 17.3 Å². The molecule has 1 heterocycles. The van der Waals surface area contributed by atoms with Crippen LogP contribution in [0, 0.1) is 6.92 Å². The Labute approximate surface area is 139 Å². The normalized spacial score (nSPS) is 10.3. The van der Waals surface area contributed by atoms with Gasteiger partial charge in [-0.3, -0.25) is 10.2 Å². The van der Waals surface area contributed by atoms with E-state index in [2.05, 4.69) is 27.5 Å². The van der Waals surface area contributed by atoms with Gasteiger partial charge in [-0.05, 0) is 19.1 Å². The van der Waals surface area contributed by atoms with Crippen molar-refractivity contribution < 1.29 is 4.79 Å². The summed E-state index contributed by atoms with van der Waals surface area (Å²) in [4.78, 5) is 11.3. The maximum Gasteiger partial charge on any atom is 0.244 e. The number of nitrogens with zero attached hydrogens (tertiary/aromatic N) is 3. The standard InChI is InChI=1S/C15H20N6OS/c1-3-8-21-13(9-17-12-6-4-11(2)5-7-12)19-20-15(21)23-10-14(22)18-16/h3-7,17H,1,8-10,16H2,2H3,(H,18,22). The number of thioether (sulfide) groups is 1. The van der Waals surface area contributed by atoms with E-state index >= 15 is 0 Å². The highest BCUT2D eigenvalue weighted by Gasteiger charge is 2.13. The number of hydrogen-bond acceptors (Lipinski definition) is 6. The fraction of sp³-hybridized carbons (Fsp3) is 0.267. The molecule has 0 fully saturated rings. The number of nitrogens with one attached hydrogen (secondary N) is 2. The molecule has 1 aromatic carbocycles. The number of aromatic nitrogens is 3. The van der Waals surface area contributed by atoms with Crippen LogP contribution in [0.5, 0.6) is 0 Å². The first kappa shape index (κ1) is 17.0. The second-order valence-electron chi connectivity index (χ2n) is 4.87. The van der Waals surface area contributed by atoms with Gasteiger partial charge in [-0.15, -0.1) is 16.8 Å².